The van der Waals surface area contributed by atoms with Gasteiger partial charge in [0, 0.05) is 11.4 Å². The Balaban J connectivity index is 1.31. The third-order valence-corrected chi connectivity index (χ3v) is 11.5. The van der Waals surface area contributed by atoms with Gasteiger partial charge in [-0.15, -0.1) is 0 Å². The molecule has 1 aliphatic rings. The molecule has 0 bridgehead atoms. The third kappa shape index (κ3) is 5.39. The van der Waals surface area contributed by atoms with Gasteiger partial charge in [-0.2, -0.15) is 0 Å². The maximum atomic E-state index is 13.1. The van der Waals surface area contributed by atoms with E-state index in [0.29, 0.717) is 11.4 Å². The molecule has 7 rings (SSSR count). The van der Waals surface area contributed by atoms with Crippen LogP contribution in [0.15, 0.2) is 155 Å². The summed E-state index contributed by atoms with van der Waals surface area (Å²) < 4.78 is 58.0. The van der Waals surface area contributed by atoms with Gasteiger partial charge in [-0.25, -0.2) is 16.8 Å². The molecule has 0 fully saturated rings. The van der Waals surface area contributed by atoms with Gasteiger partial charge in [-0.05, 0) is 95.8 Å². The first kappa shape index (κ1) is 30.5. The fraction of sp³-hybridized carbons (Fsp3) is 0.0769. The van der Waals surface area contributed by atoms with Gasteiger partial charge in [-0.1, -0.05) is 108 Å². The molecule has 6 aromatic carbocycles. The van der Waals surface area contributed by atoms with Crippen molar-refractivity contribution < 1.29 is 16.8 Å². The molecule has 0 atom stereocenters. The molecule has 0 unspecified atom stereocenters. The summed E-state index contributed by atoms with van der Waals surface area (Å²) >= 11 is 0. The molecule has 1 aliphatic carbocycles. The van der Waals surface area contributed by atoms with Gasteiger partial charge in [0.05, 0.1) is 15.2 Å². The van der Waals surface area contributed by atoms with Crippen LogP contribution in [-0.4, -0.2) is 16.8 Å². The van der Waals surface area contributed by atoms with E-state index in [-0.39, 0.29) is 9.79 Å². The number of anilines is 2. The Kier molecular flexibility index (Phi) is 7.50. The number of nitrogens with one attached hydrogen (secondary N) is 2. The van der Waals surface area contributed by atoms with E-state index in [9.17, 15) is 16.8 Å². The number of hydrogen-bond acceptors (Lipinski definition) is 4. The first-order chi connectivity index (χ1) is 22.6. The smallest absolute Gasteiger partial charge is 0.261 e. The van der Waals surface area contributed by atoms with Crippen LogP contribution in [0.5, 0.6) is 0 Å². The molecule has 234 valence electrons. The van der Waals surface area contributed by atoms with Crippen LogP contribution in [0, 0.1) is 13.8 Å². The number of sulfonamides is 2. The molecule has 2 N–H and O–H groups in total. The van der Waals surface area contributed by atoms with Crippen LogP contribution >= 0.6 is 0 Å². The Morgan fingerprint density at radius 3 is 1.13 bits per heavy atom. The lowest BCUT2D eigenvalue weighted by Gasteiger charge is -2.34. The molecule has 0 aliphatic heterocycles. The average molecular weight is 657 g/mol. The van der Waals surface area contributed by atoms with E-state index < -0.39 is 25.5 Å². The highest BCUT2D eigenvalue weighted by atomic mass is 32.2. The second-order valence-electron chi connectivity index (χ2n) is 11.8. The van der Waals surface area contributed by atoms with Gasteiger partial charge >= 0.3 is 0 Å². The third-order valence-electron chi connectivity index (χ3n) is 8.76. The van der Waals surface area contributed by atoms with Gasteiger partial charge in [0.25, 0.3) is 20.0 Å². The number of aryl methyl sites for hydroxylation is 2. The van der Waals surface area contributed by atoms with E-state index in [4.69, 9.17) is 0 Å². The SMILES string of the molecule is Cc1ccc(S(=O)(=O)Nc2ccc(C3(c4ccc(NS(=O)(=O)c5ccc(C)cc5)cc4)c4ccccc4-c4ccccc43)cc2)cc1. The molecule has 0 saturated carbocycles. The van der Waals surface area contributed by atoms with Gasteiger partial charge in [0.1, 0.15) is 0 Å². The number of benzene rings is 6. The molecule has 6 aromatic rings. The fourth-order valence-corrected chi connectivity index (χ4v) is 8.58. The van der Waals surface area contributed by atoms with Gasteiger partial charge in [0.2, 0.25) is 0 Å². The summed E-state index contributed by atoms with van der Waals surface area (Å²) in [5.41, 5.74) is 8.39. The van der Waals surface area contributed by atoms with Crippen molar-refractivity contribution in [2.75, 3.05) is 9.44 Å². The Morgan fingerprint density at radius 1 is 0.426 bits per heavy atom. The molecule has 0 saturated heterocycles. The summed E-state index contributed by atoms with van der Waals surface area (Å²) in [6, 6.07) is 45.0. The summed E-state index contributed by atoms with van der Waals surface area (Å²) in [4.78, 5) is 0.390. The highest BCUT2D eigenvalue weighted by molar-refractivity contribution is 7.93. The molecule has 6 nitrogen and oxygen atoms in total. The highest BCUT2D eigenvalue weighted by Crippen LogP contribution is 2.56. The van der Waals surface area contributed by atoms with Crippen molar-refractivity contribution in [3.05, 3.63) is 179 Å². The van der Waals surface area contributed by atoms with Crippen molar-refractivity contribution in [3.63, 3.8) is 0 Å². The summed E-state index contributed by atoms with van der Waals surface area (Å²) in [5, 5.41) is 0. The predicted molar refractivity (Wildman–Crippen MR) is 188 cm³/mol. The first-order valence-electron chi connectivity index (χ1n) is 15.2. The van der Waals surface area contributed by atoms with Crippen molar-refractivity contribution in [2.45, 2.75) is 29.1 Å². The van der Waals surface area contributed by atoms with Crippen molar-refractivity contribution in [1.29, 1.82) is 0 Å². The molecule has 0 aromatic heterocycles. The maximum Gasteiger partial charge on any atom is 0.261 e. The van der Waals surface area contributed by atoms with E-state index in [1.165, 1.54) is 0 Å². The average Bonchev–Trinajstić information content (AvgIpc) is 3.37. The predicted octanol–water partition coefficient (Wildman–Crippen LogP) is 8.27. The normalized spacial score (nSPS) is 13.4. The molecule has 0 heterocycles. The highest BCUT2D eigenvalue weighted by Gasteiger charge is 2.45. The monoisotopic (exact) mass is 656 g/mol. The molecule has 47 heavy (non-hydrogen) atoms. The molecule has 0 spiro atoms. The van der Waals surface area contributed by atoms with Crippen molar-refractivity contribution >= 4 is 31.4 Å². The number of hydrogen-bond donors (Lipinski definition) is 2. The zero-order valence-corrected chi connectivity index (χ0v) is 27.4. The summed E-state index contributed by atoms with van der Waals surface area (Å²) in [7, 11) is -7.55. The quantitative estimate of drug-likeness (QED) is 0.172. The lowest BCUT2D eigenvalue weighted by molar-refractivity contribution is 0.599. The van der Waals surface area contributed by atoms with E-state index in [0.717, 1.165) is 44.5 Å². The van der Waals surface area contributed by atoms with E-state index >= 15 is 0 Å². The Labute approximate surface area is 275 Å². The largest absolute Gasteiger partial charge is 0.280 e. The summed E-state index contributed by atoms with van der Waals surface area (Å²) in [6.45, 7) is 3.82. The van der Waals surface area contributed by atoms with Crippen LogP contribution < -0.4 is 9.44 Å². The van der Waals surface area contributed by atoms with Gasteiger partial charge < -0.3 is 0 Å². The van der Waals surface area contributed by atoms with E-state index in [1.54, 1.807) is 72.8 Å². The summed E-state index contributed by atoms with van der Waals surface area (Å²) in [6.07, 6.45) is 0. The molecule has 8 heteroatoms. The lowest BCUT2D eigenvalue weighted by Crippen LogP contribution is -2.28. The zero-order valence-electron chi connectivity index (χ0n) is 25.8. The van der Waals surface area contributed by atoms with Crippen LogP contribution in [0.2, 0.25) is 0 Å². The van der Waals surface area contributed by atoms with E-state index in [1.807, 2.05) is 62.4 Å². The topological polar surface area (TPSA) is 92.3 Å². The number of fused-ring (bicyclic) bond motifs is 3. The minimum atomic E-state index is -3.77. The van der Waals surface area contributed by atoms with Crippen LogP contribution in [0.4, 0.5) is 11.4 Å². The molecular formula is C39H32N2O4S2. The van der Waals surface area contributed by atoms with Crippen LogP contribution in [-0.2, 0) is 25.5 Å². The van der Waals surface area contributed by atoms with Crippen LogP contribution in [0.25, 0.3) is 11.1 Å². The lowest BCUT2D eigenvalue weighted by atomic mass is 9.67. The van der Waals surface area contributed by atoms with E-state index in [2.05, 4.69) is 33.7 Å². The van der Waals surface area contributed by atoms with Crippen molar-refractivity contribution in [2.24, 2.45) is 0 Å². The van der Waals surface area contributed by atoms with Gasteiger partial charge in [-0.3, -0.25) is 9.44 Å². The molecule has 0 radical (unpaired) electrons. The minimum Gasteiger partial charge on any atom is -0.280 e. The van der Waals surface area contributed by atoms with Crippen LogP contribution in [0.3, 0.4) is 0 Å². The summed E-state index contributed by atoms with van der Waals surface area (Å²) in [5.74, 6) is 0. The van der Waals surface area contributed by atoms with Crippen LogP contribution in [0.1, 0.15) is 33.4 Å². The second-order valence-corrected chi connectivity index (χ2v) is 15.2. The van der Waals surface area contributed by atoms with Crippen molar-refractivity contribution in [3.8, 4) is 11.1 Å². The van der Waals surface area contributed by atoms with Crippen molar-refractivity contribution in [1.82, 2.24) is 0 Å². The standard InChI is InChI=1S/C39H32N2O4S2/c1-27-11-23-33(24-12-27)46(42,43)40-31-19-15-29(16-20-31)39(37-9-5-3-7-35(37)36-8-4-6-10-38(36)39)30-17-21-32(22-18-30)41-47(44,45)34-25-13-28(2)14-26-34/h3-26,40-41H,1-2H3. The fourth-order valence-electron chi connectivity index (χ4n) is 6.46. The van der Waals surface area contributed by atoms with Gasteiger partial charge in [0.15, 0.2) is 0 Å². The minimum absolute atomic E-state index is 0.195. The Morgan fingerprint density at radius 2 is 0.766 bits per heavy atom. The Bertz CT molecular complexity index is 2150. The molecule has 0 amide bonds. The zero-order chi connectivity index (χ0) is 32.8. The first-order valence-corrected chi connectivity index (χ1v) is 18.1. The molecular weight excluding hydrogens is 625 g/mol. The number of rotatable bonds is 8. The Hall–Kier alpha value is -5.18. The second kappa shape index (κ2) is 11.6. The maximum absolute atomic E-state index is 13.1.